The smallest absolute Gasteiger partial charge is 0.163 e. The Morgan fingerprint density at radius 1 is 1.54 bits per heavy atom. The Kier molecular flexibility index (Phi) is 3.13. The van der Waals surface area contributed by atoms with Gasteiger partial charge >= 0.3 is 0 Å². The van der Waals surface area contributed by atoms with E-state index in [2.05, 4.69) is 0 Å². The van der Waals surface area contributed by atoms with Crippen LogP contribution < -0.4 is 0 Å². The molecule has 0 fully saturated rings. The highest BCUT2D eigenvalue weighted by Gasteiger charge is 2.14. The molecule has 0 amide bonds. The molecule has 1 aromatic carbocycles. The number of Topliss-reactive ketones (excluding diaryl/α,β-unsaturated/α-hetero) is 1. The summed E-state index contributed by atoms with van der Waals surface area (Å²) >= 11 is 1.86. The van der Waals surface area contributed by atoms with Crippen LogP contribution in [0.2, 0.25) is 0 Å². The normalized spacial score (nSPS) is 9.77. The topological polar surface area (TPSA) is 34.1 Å². The number of rotatable bonds is 2. The number of carbonyl (C=O) groups is 2. The van der Waals surface area contributed by atoms with E-state index < -0.39 is 5.82 Å². The van der Waals surface area contributed by atoms with Crippen molar-refractivity contribution in [1.82, 2.24) is 0 Å². The van der Waals surface area contributed by atoms with E-state index in [-0.39, 0.29) is 16.9 Å². The van der Waals surface area contributed by atoms with Gasteiger partial charge in [0.1, 0.15) is 5.82 Å². The molecule has 1 aromatic rings. The molecular formula is C9H6FIO2. The van der Waals surface area contributed by atoms with Crippen molar-refractivity contribution < 1.29 is 14.0 Å². The molecular weight excluding hydrogens is 286 g/mol. The van der Waals surface area contributed by atoms with E-state index >= 15 is 0 Å². The van der Waals surface area contributed by atoms with Gasteiger partial charge in [0.05, 0.1) is 11.1 Å². The fourth-order valence-corrected chi connectivity index (χ4v) is 1.78. The highest BCUT2D eigenvalue weighted by molar-refractivity contribution is 14.1. The van der Waals surface area contributed by atoms with Crippen molar-refractivity contribution in [3.8, 4) is 0 Å². The van der Waals surface area contributed by atoms with Crippen LogP contribution in [0.3, 0.4) is 0 Å². The van der Waals surface area contributed by atoms with Crippen LogP contribution in [0, 0.1) is 9.39 Å². The van der Waals surface area contributed by atoms with Crippen molar-refractivity contribution in [3.05, 3.63) is 32.6 Å². The SMILES string of the molecule is CC(=O)c1c(I)ccc(C=O)c1F. The number of ketones is 1. The first-order valence-corrected chi connectivity index (χ1v) is 4.60. The van der Waals surface area contributed by atoms with Gasteiger partial charge in [0.15, 0.2) is 12.1 Å². The zero-order chi connectivity index (χ0) is 10.0. The van der Waals surface area contributed by atoms with Crippen molar-refractivity contribution >= 4 is 34.7 Å². The van der Waals surface area contributed by atoms with E-state index in [1.54, 1.807) is 6.07 Å². The third-order valence-electron chi connectivity index (χ3n) is 1.60. The number of halogens is 2. The molecule has 0 radical (unpaired) electrons. The first-order chi connectivity index (χ1) is 6.07. The number of benzene rings is 1. The highest BCUT2D eigenvalue weighted by Crippen LogP contribution is 2.19. The number of aldehydes is 1. The number of hydrogen-bond donors (Lipinski definition) is 0. The summed E-state index contributed by atoms with van der Waals surface area (Å²) in [6.07, 6.45) is 0.401. The fourth-order valence-electron chi connectivity index (χ4n) is 0.982. The lowest BCUT2D eigenvalue weighted by molar-refractivity contribution is 0.101. The molecule has 0 aliphatic heterocycles. The van der Waals surface area contributed by atoms with E-state index in [4.69, 9.17) is 0 Å². The quantitative estimate of drug-likeness (QED) is 0.476. The lowest BCUT2D eigenvalue weighted by atomic mass is 10.1. The molecule has 4 heteroatoms. The molecule has 13 heavy (non-hydrogen) atoms. The summed E-state index contributed by atoms with van der Waals surface area (Å²) in [5.74, 6) is -1.10. The Hall–Kier alpha value is -0.780. The van der Waals surface area contributed by atoms with Gasteiger partial charge in [-0.25, -0.2) is 4.39 Å². The zero-order valence-electron chi connectivity index (χ0n) is 6.80. The van der Waals surface area contributed by atoms with Gasteiger partial charge in [-0.1, -0.05) is 0 Å². The van der Waals surface area contributed by atoms with Crippen LogP contribution >= 0.6 is 22.6 Å². The zero-order valence-corrected chi connectivity index (χ0v) is 8.96. The van der Waals surface area contributed by atoms with Crippen LogP contribution in [0.15, 0.2) is 12.1 Å². The van der Waals surface area contributed by atoms with Crippen molar-refractivity contribution in [3.63, 3.8) is 0 Å². The van der Waals surface area contributed by atoms with Gasteiger partial charge in [0.2, 0.25) is 0 Å². The maximum Gasteiger partial charge on any atom is 0.163 e. The van der Waals surface area contributed by atoms with Gasteiger partial charge in [-0.2, -0.15) is 0 Å². The van der Waals surface area contributed by atoms with Gasteiger partial charge < -0.3 is 0 Å². The van der Waals surface area contributed by atoms with E-state index in [9.17, 15) is 14.0 Å². The summed E-state index contributed by atoms with van der Waals surface area (Å²) < 4.78 is 13.8. The van der Waals surface area contributed by atoms with Crippen LogP contribution in [-0.2, 0) is 0 Å². The largest absolute Gasteiger partial charge is 0.298 e. The number of hydrogen-bond acceptors (Lipinski definition) is 2. The third kappa shape index (κ3) is 1.93. The first-order valence-electron chi connectivity index (χ1n) is 3.52. The predicted molar refractivity (Wildman–Crippen MR) is 54.5 cm³/mol. The standard InChI is InChI=1S/C9H6FIO2/c1-5(13)8-7(11)3-2-6(4-12)9(8)10/h2-4H,1H3. The van der Waals surface area contributed by atoms with Crippen molar-refractivity contribution in [1.29, 1.82) is 0 Å². The summed E-state index contributed by atoms with van der Waals surface area (Å²) in [4.78, 5) is 21.4. The molecule has 0 unspecified atom stereocenters. The highest BCUT2D eigenvalue weighted by atomic mass is 127. The van der Waals surface area contributed by atoms with Crippen LogP contribution in [0.5, 0.6) is 0 Å². The van der Waals surface area contributed by atoms with Gasteiger partial charge in [0.25, 0.3) is 0 Å². The molecule has 2 nitrogen and oxygen atoms in total. The molecule has 0 aromatic heterocycles. The van der Waals surface area contributed by atoms with E-state index in [1.807, 2.05) is 22.6 Å². The van der Waals surface area contributed by atoms with Crippen molar-refractivity contribution in [2.75, 3.05) is 0 Å². The van der Waals surface area contributed by atoms with Crippen LogP contribution in [0.1, 0.15) is 27.6 Å². The fraction of sp³-hybridized carbons (Fsp3) is 0.111. The minimum atomic E-state index is -0.727. The van der Waals surface area contributed by atoms with Crippen LogP contribution in [0.4, 0.5) is 4.39 Å². The molecule has 0 N–H and O–H groups in total. The van der Waals surface area contributed by atoms with E-state index in [1.165, 1.54) is 13.0 Å². The summed E-state index contributed by atoms with van der Waals surface area (Å²) in [5, 5.41) is 0. The second-order valence-electron chi connectivity index (χ2n) is 2.50. The second-order valence-corrected chi connectivity index (χ2v) is 3.66. The Bertz CT molecular complexity index is 374. The molecule has 0 aliphatic rings. The molecule has 0 atom stereocenters. The molecule has 68 valence electrons. The van der Waals surface area contributed by atoms with E-state index in [0.29, 0.717) is 9.86 Å². The molecule has 1 rings (SSSR count). The molecule has 0 spiro atoms. The third-order valence-corrected chi connectivity index (χ3v) is 2.50. The molecule has 0 aliphatic carbocycles. The minimum Gasteiger partial charge on any atom is -0.298 e. The summed E-state index contributed by atoms with van der Waals surface area (Å²) in [6.45, 7) is 1.27. The lowest BCUT2D eigenvalue weighted by Gasteiger charge is -2.03. The van der Waals surface area contributed by atoms with Gasteiger partial charge in [0, 0.05) is 3.57 Å². The van der Waals surface area contributed by atoms with E-state index in [0.717, 1.165) is 0 Å². The Labute approximate surface area is 88.3 Å². The maximum absolute atomic E-state index is 13.3. The predicted octanol–water partition coefficient (Wildman–Crippen LogP) is 2.45. The average molecular weight is 292 g/mol. The summed E-state index contributed by atoms with van der Waals surface area (Å²) in [5.41, 5.74) is -0.0872. The molecule has 0 bridgehead atoms. The number of carbonyl (C=O) groups excluding carboxylic acids is 2. The maximum atomic E-state index is 13.3. The monoisotopic (exact) mass is 292 g/mol. The van der Waals surface area contributed by atoms with Gasteiger partial charge in [-0.05, 0) is 41.6 Å². The second kappa shape index (κ2) is 3.95. The van der Waals surface area contributed by atoms with Crippen molar-refractivity contribution in [2.24, 2.45) is 0 Å². The Balaban J connectivity index is 3.47. The average Bonchev–Trinajstić information content (AvgIpc) is 2.04. The molecule has 0 saturated carbocycles. The summed E-state index contributed by atoms with van der Waals surface area (Å²) in [6, 6.07) is 2.90. The van der Waals surface area contributed by atoms with Crippen LogP contribution in [0.25, 0.3) is 0 Å². The molecule has 0 saturated heterocycles. The van der Waals surface area contributed by atoms with Crippen molar-refractivity contribution in [2.45, 2.75) is 6.92 Å². The van der Waals surface area contributed by atoms with Crippen LogP contribution in [-0.4, -0.2) is 12.1 Å². The lowest BCUT2D eigenvalue weighted by Crippen LogP contribution is -2.03. The Morgan fingerprint density at radius 2 is 2.15 bits per heavy atom. The summed E-state index contributed by atoms with van der Waals surface area (Å²) in [7, 11) is 0. The molecule has 0 heterocycles. The Morgan fingerprint density at radius 3 is 2.62 bits per heavy atom. The van der Waals surface area contributed by atoms with Gasteiger partial charge in [-0.15, -0.1) is 0 Å². The minimum absolute atomic E-state index is 0.00907. The van der Waals surface area contributed by atoms with Gasteiger partial charge in [-0.3, -0.25) is 9.59 Å². The first kappa shape index (κ1) is 10.3.